The van der Waals surface area contributed by atoms with Crippen LogP contribution >= 0.6 is 0 Å². The molecule has 0 unspecified atom stereocenters. The second kappa shape index (κ2) is 8.68. The molecule has 0 fully saturated rings. The number of hydrogen-bond acceptors (Lipinski definition) is 6. The molecule has 0 bridgehead atoms. The summed E-state index contributed by atoms with van der Waals surface area (Å²) in [6, 6.07) is 3.63. The molecule has 21 heavy (non-hydrogen) atoms. The van der Waals surface area contributed by atoms with Gasteiger partial charge in [-0.2, -0.15) is 0 Å². The third-order valence-electron chi connectivity index (χ3n) is 2.80. The zero-order valence-electron chi connectivity index (χ0n) is 12.1. The summed E-state index contributed by atoms with van der Waals surface area (Å²) in [4.78, 5) is 39.8. The van der Waals surface area contributed by atoms with E-state index in [9.17, 15) is 14.4 Å². The molecule has 0 aliphatic heterocycles. The Morgan fingerprint density at radius 2 is 1.76 bits per heavy atom. The maximum Gasteiger partial charge on any atom is 0.325 e. The largest absolute Gasteiger partial charge is 0.468 e. The molecule has 1 aromatic heterocycles. The van der Waals surface area contributed by atoms with Gasteiger partial charge in [0.1, 0.15) is 13.1 Å². The summed E-state index contributed by atoms with van der Waals surface area (Å²) in [5.74, 6) is -1.50. The third-order valence-corrected chi connectivity index (χ3v) is 2.80. The Hall–Kier alpha value is -2.44. The molecule has 1 amide bonds. The van der Waals surface area contributed by atoms with Crippen LogP contribution in [-0.2, 0) is 30.3 Å². The van der Waals surface area contributed by atoms with Crippen LogP contribution in [0.1, 0.15) is 12.0 Å². The van der Waals surface area contributed by atoms with Crippen LogP contribution in [0, 0.1) is 0 Å². The van der Waals surface area contributed by atoms with E-state index in [1.807, 2.05) is 6.07 Å². The molecule has 114 valence electrons. The van der Waals surface area contributed by atoms with Crippen LogP contribution in [0.3, 0.4) is 0 Å². The van der Waals surface area contributed by atoms with Crippen LogP contribution in [0.2, 0.25) is 0 Å². The second-order valence-corrected chi connectivity index (χ2v) is 4.26. The number of ether oxygens (including phenoxy) is 2. The molecule has 0 aliphatic rings. The number of methoxy groups -OCH3 is 2. The maximum absolute atomic E-state index is 12.1. The van der Waals surface area contributed by atoms with E-state index >= 15 is 0 Å². The highest BCUT2D eigenvalue weighted by atomic mass is 16.5. The predicted octanol–water partition coefficient (Wildman–Crippen LogP) is 0.189. The SMILES string of the molecule is COC(=O)CN(CC(=O)OC)C(=O)CCc1cccnc1. The van der Waals surface area contributed by atoms with Crippen molar-refractivity contribution in [3.63, 3.8) is 0 Å². The Morgan fingerprint density at radius 3 is 2.24 bits per heavy atom. The van der Waals surface area contributed by atoms with Crippen molar-refractivity contribution >= 4 is 17.8 Å². The first-order valence-corrected chi connectivity index (χ1v) is 6.37. The van der Waals surface area contributed by atoms with Gasteiger partial charge < -0.3 is 14.4 Å². The fraction of sp³-hybridized carbons (Fsp3) is 0.429. The van der Waals surface area contributed by atoms with E-state index in [0.717, 1.165) is 10.5 Å². The summed E-state index contributed by atoms with van der Waals surface area (Å²) in [5, 5.41) is 0. The van der Waals surface area contributed by atoms with E-state index in [0.29, 0.717) is 6.42 Å². The van der Waals surface area contributed by atoms with Crippen LogP contribution in [0.15, 0.2) is 24.5 Å². The van der Waals surface area contributed by atoms with Gasteiger partial charge in [-0.05, 0) is 18.1 Å². The van der Waals surface area contributed by atoms with Gasteiger partial charge in [0.25, 0.3) is 0 Å². The van der Waals surface area contributed by atoms with Gasteiger partial charge in [0.05, 0.1) is 14.2 Å². The number of carbonyl (C=O) groups excluding carboxylic acids is 3. The number of nitrogens with zero attached hydrogens (tertiary/aromatic N) is 2. The second-order valence-electron chi connectivity index (χ2n) is 4.26. The smallest absolute Gasteiger partial charge is 0.325 e. The lowest BCUT2D eigenvalue weighted by Crippen LogP contribution is -2.40. The van der Waals surface area contributed by atoms with E-state index in [1.165, 1.54) is 14.2 Å². The Balaban J connectivity index is 2.61. The van der Waals surface area contributed by atoms with Crippen LogP contribution < -0.4 is 0 Å². The molecule has 0 atom stereocenters. The monoisotopic (exact) mass is 294 g/mol. The van der Waals surface area contributed by atoms with Crippen LogP contribution in [-0.4, -0.2) is 55.0 Å². The number of esters is 2. The van der Waals surface area contributed by atoms with Crippen molar-refractivity contribution in [1.29, 1.82) is 0 Å². The Labute approximate surface area is 122 Å². The summed E-state index contributed by atoms with van der Waals surface area (Å²) >= 11 is 0. The van der Waals surface area contributed by atoms with E-state index < -0.39 is 11.9 Å². The zero-order valence-corrected chi connectivity index (χ0v) is 12.1. The Kier molecular flexibility index (Phi) is 6.86. The van der Waals surface area contributed by atoms with Gasteiger partial charge in [0, 0.05) is 18.8 Å². The molecule has 0 aromatic carbocycles. The average Bonchev–Trinajstić information content (AvgIpc) is 2.52. The van der Waals surface area contributed by atoms with Crippen molar-refractivity contribution in [2.45, 2.75) is 12.8 Å². The van der Waals surface area contributed by atoms with Gasteiger partial charge >= 0.3 is 11.9 Å². The lowest BCUT2D eigenvalue weighted by molar-refractivity contribution is -0.152. The van der Waals surface area contributed by atoms with Gasteiger partial charge in [-0.3, -0.25) is 19.4 Å². The van der Waals surface area contributed by atoms with Gasteiger partial charge in [-0.25, -0.2) is 0 Å². The maximum atomic E-state index is 12.1. The van der Waals surface area contributed by atoms with Crippen molar-refractivity contribution in [3.05, 3.63) is 30.1 Å². The average molecular weight is 294 g/mol. The number of rotatable bonds is 7. The minimum atomic E-state index is -0.589. The number of hydrogen-bond donors (Lipinski definition) is 0. The number of carbonyl (C=O) groups is 3. The lowest BCUT2D eigenvalue weighted by Gasteiger charge is -2.20. The summed E-state index contributed by atoms with van der Waals surface area (Å²) in [7, 11) is 2.44. The fourth-order valence-corrected chi connectivity index (χ4v) is 1.63. The van der Waals surface area contributed by atoms with Crippen LogP contribution in [0.4, 0.5) is 0 Å². The Morgan fingerprint density at radius 1 is 1.14 bits per heavy atom. The summed E-state index contributed by atoms with van der Waals surface area (Å²) in [5.41, 5.74) is 0.905. The molecule has 7 heteroatoms. The quantitative estimate of drug-likeness (QED) is 0.667. The van der Waals surface area contributed by atoms with E-state index in [-0.39, 0.29) is 25.4 Å². The van der Waals surface area contributed by atoms with Gasteiger partial charge in [0.15, 0.2) is 0 Å². The van der Waals surface area contributed by atoms with Crippen molar-refractivity contribution in [2.24, 2.45) is 0 Å². The first-order chi connectivity index (χ1) is 10.1. The van der Waals surface area contributed by atoms with E-state index in [4.69, 9.17) is 0 Å². The van der Waals surface area contributed by atoms with Crippen molar-refractivity contribution in [1.82, 2.24) is 9.88 Å². The topological polar surface area (TPSA) is 85.8 Å². The molecule has 1 aromatic rings. The van der Waals surface area contributed by atoms with Gasteiger partial charge in [-0.1, -0.05) is 6.07 Å². The fourth-order valence-electron chi connectivity index (χ4n) is 1.63. The Bertz CT molecular complexity index is 471. The van der Waals surface area contributed by atoms with Crippen LogP contribution in [0.5, 0.6) is 0 Å². The normalized spacial score (nSPS) is 9.81. The number of aryl methyl sites for hydroxylation is 1. The van der Waals surface area contributed by atoms with Gasteiger partial charge in [0.2, 0.25) is 5.91 Å². The lowest BCUT2D eigenvalue weighted by atomic mass is 10.1. The summed E-state index contributed by atoms with van der Waals surface area (Å²) in [6.07, 6.45) is 3.95. The highest BCUT2D eigenvalue weighted by Crippen LogP contribution is 2.04. The third kappa shape index (κ3) is 6.03. The standard InChI is InChI=1S/C14H18N2O5/c1-20-13(18)9-16(10-14(19)21-2)12(17)6-5-11-4-3-7-15-8-11/h3-4,7-8H,5-6,9-10H2,1-2H3. The molecule has 0 aliphatic carbocycles. The molecular weight excluding hydrogens is 276 g/mol. The summed E-state index contributed by atoms with van der Waals surface area (Å²) < 4.78 is 9.03. The summed E-state index contributed by atoms with van der Waals surface area (Å²) in [6.45, 7) is -0.561. The van der Waals surface area contributed by atoms with E-state index in [2.05, 4.69) is 14.5 Å². The molecule has 0 saturated heterocycles. The molecule has 7 nitrogen and oxygen atoms in total. The zero-order chi connectivity index (χ0) is 15.7. The molecular formula is C14H18N2O5. The number of amides is 1. The van der Waals surface area contributed by atoms with Crippen molar-refractivity contribution in [3.8, 4) is 0 Å². The predicted molar refractivity (Wildman–Crippen MR) is 73.2 cm³/mol. The van der Waals surface area contributed by atoms with Crippen LogP contribution in [0.25, 0.3) is 0 Å². The highest BCUT2D eigenvalue weighted by molar-refractivity contribution is 5.86. The molecule has 1 rings (SSSR count). The molecule has 0 spiro atoms. The first-order valence-electron chi connectivity index (χ1n) is 6.37. The van der Waals surface area contributed by atoms with Crippen molar-refractivity contribution < 1.29 is 23.9 Å². The highest BCUT2D eigenvalue weighted by Gasteiger charge is 2.20. The number of pyridine rings is 1. The van der Waals surface area contributed by atoms with E-state index in [1.54, 1.807) is 18.5 Å². The molecule has 1 heterocycles. The molecule has 0 radical (unpaired) electrons. The minimum Gasteiger partial charge on any atom is -0.468 e. The van der Waals surface area contributed by atoms with Gasteiger partial charge in [-0.15, -0.1) is 0 Å². The molecule has 0 N–H and O–H groups in total. The number of aromatic nitrogens is 1. The van der Waals surface area contributed by atoms with Crippen molar-refractivity contribution in [2.75, 3.05) is 27.3 Å². The molecule has 0 saturated carbocycles. The minimum absolute atomic E-state index is 0.166. The first kappa shape index (κ1) is 16.6.